The van der Waals surface area contributed by atoms with Crippen LogP contribution in [0.2, 0.25) is 0 Å². The van der Waals surface area contributed by atoms with Gasteiger partial charge in [0.2, 0.25) is 11.6 Å². The molecule has 0 aliphatic rings. The van der Waals surface area contributed by atoms with E-state index in [1.807, 2.05) is 0 Å². The lowest BCUT2D eigenvalue weighted by molar-refractivity contribution is -0.142. The highest BCUT2D eigenvalue weighted by atomic mass is 19.4. The first-order valence-electron chi connectivity index (χ1n) is 10.1. The molecule has 7 nitrogen and oxygen atoms in total. The number of hydrogen-bond donors (Lipinski definition) is 1. The summed E-state index contributed by atoms with van der Waals surface area (Å²) in [6, 6.07) is 7.57. The predicted molar refractivity (Wildman–Crippen MR) is 116 cm³/mol. The van der Waals surface area contributed by atoms with Crippen molar-refractivity contribution in [3.63, 3.8) is 0 Å². The molecule has 1 amide bonds. The minimum absolute atomic E-state index is 0.0290. The molecule has 1 atom stereocenters. The fraction of sp³-hybridized carbons (Fsp3) is 0.304. The van der Waals surface area contributed by atoms with Gasteiger partial charge in [-0.05, 0) is 67.8 Å². The summed E-state index contributed by atoms with van der Waals surface area (Å²) in [5, 5.41) is 2.60. The summed E-state index contributed by atoms with van der Waals surface area (Å²) < 4.78 is 46.2. The van der Waals surface area contributed by atoms with Gasteiger partial charge in [-0.25, -0.2) is 9.78 Å². The van der Waals surface area contributed by atoms with E-state index in [2.05, 4.69) is 15.0 Å². The molecule has 1 heterocycles. The smallest absolute Gasteiger partial charge is 0.438 e. The Bertz CT molecular complexity index is 1280. The summed E-state index contributed by atoms with van der Waals surface area (Å²) in [6.07, 6.45) is -4.93. The third-order valence-electron chi connectivity index (χ3n) is 5.35. The van der Waals surface area contributed by atoms with Gasteiger partial charge in [-0.2, -0.15) is 13.2 Å². The van der Waals surface area contributed by atoms with Crippen molar-refractivity contribution in [2.24, 2.45) is 0 Å². The highest BCUT2D eigenvalue weighted by Crippen LogP contribution is 2.29. The van der Waals surface area contributed by atoms with E-state index in [0.717, 1.165) is 10.1 Å². The molecule has 0 aliphatic heterocycles. The van der Waals surface area contributed by atoms with Crippen LogP contribution in [-0.2, 0) is 15.7 Å². The van der Waals surface area contributed by atoms with Crippen LogP contribution in [0.1, 0.15) is 46.6 Å². The van der Waals surface area contributed by atoms with Crippen molar-refractivity contribution in [2.45, 2.75) is 39.4 Å². The lowest BCUT2D eigenvalue weighted by Crippen LogP contribution is -2.37. The quantitative estimate of drug-likeness (QED) is 0.569. The topological polar surface area (TPSA) is 90.3 Å². The van der Waals surface area contributed by atoms with E-state index in [1.165, 1.54) is 37.4 Å². The van der Waals surface area contributed by atoms with E-state index in [1.54, 1.807) is 26.8 Å². The molecule has 1 N–H and O–H groups in total. The summed E-state index contributed by atoms with van der Waals surface area (Å²) in [5.41, 5.74) is -0.839. The van der Waals surface area contributed by atoms with E-state index >= 15 is 0 Å². The Morgan fingerprint density at radius 1 is 1.12 bits per heavy atom. The molecule has 3 aromatic rings. The number of nitrogens with zero attached hydrogens (tertiary/aromatic N) is 2. The van der Waals surface area contributed by atoms with E-state index in [0.29, 0.717) is 11.3 Å². The Balaban J connectivity index is 2.11. The lowest BCUT2D eigenvalue weighted by atomic mass is 10.1. The zero-order chi connectivity index (χ0) is 24.5. The van der Waals surface area contributed by atoms with Crippen LogP contribution in [0.25, 0.3) is 11.0 Å². The standard InChI is InChI=1S/C23H22F3N3O4/c1-5-17(20(30)27-15-8-6-14(7-9-15)22(32)33-4)29-18-11-13(3)12(2)10-16(18)28-19(21(29)31)23(24,25)26/h6-11,17H,5H2,1-4H3,(H,27,30). The van der Waals surface area contributed by atoms with Gasteiger partial charge in [-0.15, -0.1) is 0 Å². The number of ether oxygens (including phenoxy) is 1. The number of halogens is 3. The maximum Gasteiger partial charge on any atom is 0.438 e. The van der Waals surface area contributed by atoms with Crippen molar-refractivity contribution in [2.75, 3.05) is 12.4 Å². The monoisotopic (exact) mass is 461 g/mol. The van der Waals surface area contributed by atoms with Crippen LogP contribution in [0.15, 0.2) is 41.2 Å². The van der Waals surface area contributed by atoms with Gasteiger partial charge in [0, 0.05) is 5.69 Å². The average Bonchev–Trinajstić information content (AvgIpc) is 2.76. The number of methoxy groups -OCH3 is 1. The van der Waals surface area contributed by atoms with Gasteiger partial charge in [-0.1, -0.05) is 6.92 Å². The fourth-order valence-electron chi connectivity index (χ4n) is 3.47. The highest BCUT2D eigenvalue weighted by molar-refractivity contribution is 5.96. The van der Waals surface area contributed by atoms with Crippen LogP contribution in [0.5, 0.6) is 0 Å². The largest absolute Gasteiger partial charge is 0.465 e. The molecule has 0 fully saturated rings. The van der Waals surface area contributed by atoms with Crippen molar-refractivity contribution in [1.29, 1.82) is 0 Å². The number of carbonyl (C=O) groups excluding carboxylic acids is 2. The second-order valence-electron chi connectivity index (χ2n) is 7.54. The van der Waals surface area contributed by atoms with Crippen LogP contribution in [0.4, 0.5) is 18.9 Å². The molecule has 0 radical (unpaired) electrons. The molecule has 33 heavy (non-hydrogen) atoms. The van der Waals surface area contributed by atoms with Crippen LogP contribution in [-0.4, -0.2) is 28.5 Å². The van der Waals surface area contributed by atoms with Gasteiger partial charge in [0.1, 0.15) is 6.04 Å². The number of amides is 1. The summed E-state index contributed by atoms with van der Waals surface area (Å²) in [6.45, 7) is 5.07. The number of alkyl halides is 3. The maximum atomic E-state index is 13.6. The molecule has 1 aromatic heterocycles. The molecule has 0 saturated heterocycles. The molecule has 2 aromatic carbocycles. The zero-order valence-electron chi connectivity index (χ0n) is 18.4. The van der Waals surface area contributed by atoms with Crippen LogP contribution >= 0.6 is 0 Å². The van der Waals surface area contributed by atoms with Crippen LogP contribution in [0, 0.1) is 13.8 Å². The number of rotatable bonds is 5. The second-order valence-corrected chi connectivity index (χ2v) is 7.54. The maximum absolute atomic E-state index is 13.6. The minimum Gasteiger partial charge on any atom is -0.465 e. The molecule has 174 valence electrons. The molecule has 10 heteroatoms. The lowest BCUT2D eigenvalue weighted by Gasteiger charge is -2.22. The summed E-state index contributed by atoms with van der Waals surface area (Å²) in [5.74, 6) is -1.23. The van der Waals surface area contributed by atoms with Crippen molar-refractivity contribution < 1.29 is 27.5 Å². The van der Waals surface area contributed by atoms with E-state index in [9.17, 15) is 27.6 Å². The number of aryl methyl sites for hydroxylation is 2. The Labute approximate surface area is 187 Å². The molecule has 1 unspecified atom stereocenters. The minimum atomic E-state index is -4.98. The number of anilines is 1. The van der Waals surface area contributed by atoms with Crippen molar-refractivity contribution in [1.82, 2.24) is 9.55 Å². The van der Waals surface area contributed by atoms with Gasteiger partial charge >= 0.3 is 12.1 Å². The first kappa shape index (κ1) is 24.0. The predicted octanol–water partition coefficient (Wildman–Crippen LogP) is 4.41. The van der Waals surface area contributed by atoms with Crippen LogP contribution < -0.4 is 10.9 Å². The fourth-order valence-corrected chi connectivity index (χ4v) is 3.47. The Kier molecular flexibility index (Phi) is 6.57. The second kappa shape index (κ2) is 9.05. The third kappa shape index (κ3) is 4.74. The number of aromatic nitrogens is 2. The normalized spacial score (nSPS) is 12.5. The number of hydrogen-bond acceptors (Lipinski definition) is 5. The average molecular weight is 461 g/mol. The Morgan fingerprint density at radius 2 is 1.73 bits per heavy atom. The summed E-state index contributed by atoms with van der Waals surface area (Å²) in [4.78, 5) is 41.1. The SMILES string of the molecule is CCC(C(=O)Nc1ccc(C(=O)OC)cc1)n1c(=O)c(C(F)(F)F)nc2cc(C)c(C)cc21. The first-order chi connectivity index (χ1) is 15.5. The van der Waals surface area contributed by atoms with Gasteiger partial charge in [0.05, 0.1) is 23.7 Å². The number of benzene rings is 2. The molecular formula is C23H22F3N3O4. The number of esters is 1. The summed E-state index contributed by atoms with van der Waals surface area (Å²) in [7, 11) is 1.24. The molecule has 3 rings (SSSR count). The van der Waals surface area contributed by atoms with E-state index in [4.69, 9.17) is 0 Å². The third-order valence-corrected chi connectivity index (χ3v) is 5.35. The Hall–Kier alpha value is -3.69. The highest BCUT2D eigenvalue weighted by Gasteiger charge is 2.38. The van der Waals surface area contributed by atoms with Crippen LogP contribution in [0.3, 0.4) is 0 Å². The number of fused-ring (bicyclic) bond motifs is 1. The summed E-state index contributed by atoms with van der Waals surface area (Å²) >= 11 is 0. The number of carbonyl (C=O) groups is 2. The molecule has 0 bridgehead atoms. The van der Waals surface area contributed by atoms with Gasteiger partial charge in [-0.3, -0.25) is 14.2 Å². The number of nitrogens with one attached hydrogen (secondary N) is 1. The first-order valence-corrected chi connectivity index (χ1v) is 10.1. The van der Waals surface area contributed by atoms with Crippen molar-refractivity contribution in [3.05, 3.63) is 69.1 Å². The molecule has 0 spiro atoms. The van der Waals surface area contributed by atoms with E-state index < -0.39 is 35.3 Å². The molecule has 0 saturated carbocycles. The van der Waals surface area contributed by atoms with E-state index in [-0.39, 0.29) is 23.0 Å². The Morgan fingerprint density at radius 3 is 2.27 bits per heavy atom. The van der Waals surface area contributed by atoms with Crippen molar-refractivity contribution in [3.8, 4) is 0 Å². The van der Waals surface area contributed by atoms with Crippen molar-refractivity contribution >= 4 is 28.6 Å². The molecular weight excluding hydrogens is 439 g/mol. The van der Waals surface area contributed by atoms with Gasteiger partial charge in [0.25, 0.3) is 5.56 Å². The zero-order valence-corrected chi connectivity index (χ0v) is 18.4. The molecule has 0 aliphatic carbocycles. The van der Waals surface area contributed by atoms with Gasteiger partial charge in [0.15, 0.2) is 0 Å². The van der Waals surface area contributed by atoms with Gasteiger partial charge < -0.3 is 10.1 Å².